The number of ether oxygens (including phenoxy) is 1. The van der Waals surface area contributed by atoms with Gasteiger partial charge >= 0.3 is 0 Å². The maximum absolute atomic E-state index is 12.0. The van der Waals surface area contributed by atoms with E-state index in [-0.39, 0.29) is 12.0 Å². The molecule has 2 heterocycles. The number of aromatic nitrogens is 2. The molecule has 0 aliphatic carbocycles. The van der Waals surface area contributed by atoms with Gasteiger partial charge in [0.2, 0.25) is 0 Å². The van der Waals surface area contributed by atoms with E-state index in [4.69, 9.17) is 4.74 Å². The summed E-state index contributed by atoms with van der Waals surface area (Å²) in [5, 5.41) is 2.83. The second-order valence-corrected chi connectivity index (χ2v) is 7.04. The van der Waals surface area contributed by atoms with Gasteiger partial charge in [-0.25, -0.2) is 4.98 Å². The zero-order chi connectivity index (χ0) is 20.2. The zero-order valence-corrected chi connectivity index (χ0v) is 16.4. The molecular weight excluding hydrogens is 362 g/mol. The first-order valence-corrected chi connectivity index (χ1v) is 9.53. The first-order valence-electron chi connectivity index (χ1n) is 9.53. The lowest BCUT2D eigenvalue weighted by Gasteiger charge is -2.10. The molecule has 0 radical (unpaired) electrons. The first kappa shape index (κ1) is 18.7. The Labute approximate surface area is 170 Å². The Hall–Kier alpha value is -3.65. The Bertz CT molecular complexity index is 1110. The lowest BCUT2D eigenvalue weighted by atomic mass is 10.0. The van der Waals surface area contributed by atoms with Gasteiger partial charge in [-0.3, -0.25) is 9.78 Å². The van der Waals surface area contributed by atoms with Crippen molar-refractivity contribution in [1.29, 1.82) is 0 Å². The maximum Gasteiger partial charge on any atom is 0.296 e. The number of carbonyl (C=O) groups is 1. The van der Waals surface area contributed by atoms with Crippen molar-refractivity contribution in [1.82, 2.24) is 15.3 Å². The number of rotatable bonds is 3. The molecule has 0 spiro atoms. The predicted molar refractivity (Wildman–Crippen MR) is 111 cm³/mol. The van der Waals surface area contributed by atoms with Crippen LogP contribution in [0, 0.1) is 25.7 Å². The highest BCUT2D eigenvalue weighted by atomic mass is 16.5. The third-order valence-electron chi connectivity index (χ3n) is 4.74. The second kappa shape index (κ2) is 8.15. The van der Waals surface area contributed by atoms with Crippen molar-refractivity contribution in [3.63, 3.8) is 0 Å². The number of carbonyl (C=O) groups excluding carboxylic acids is 1. The van der Waals surface area contributed by atoms with Gasteiger partial charge in [0.1, 0.15) is 11.9 Å². The van der Waals surface area contributed by atoms with Crippen molar-refractivity contribution in [2.45, 2.75) is 26.4 Å². The van der Waals surface area contributed by atoms with Gasteiger partial charge in [-0.05, 0) is 49.7 Å². The lowest BCUT2D eigenvalue weighted by molar-refractivity contribution is -0.116. The Morgan fingerprint density at radius 1 is 1.21 bits per heavy atom. The molecule has 0 bridgehead atoms. The molecule has 1 aromatic heterocycles. The third-order valence-corrected chi connectivity index (χ3v) is 4.74. The van der Waals surface area contributed by atoms with Gasteiger partial charge in [0.15, 0.2) is 0 Å². The highest BCUT2D eigenvalue weighted by molar-refractivity contribution is 5.94. The van der Waals surface area contributed by atoms with Crippen LogP contribution in [-0.2, 0) is 11.2 Å². The van der Waals surface area contributed by atoms with Crippen LogP contribution in [0.4, 0.5) is 0 Å². The summed E-state index contributed by atoms with van der Waals surface area (Å²) >= 11 is 0. The average molecular weight is 383 g/mol. The minimum absolute atomic E-state index is 0.104. The van der Waals surface area contributed by atoms with Crippen LogP contribution in [0.5, 0.6) is 5.75 Å². The van der Waals surface area contributed by atoms with Crippen LogP contribution in [0.2, 0.25) is 0 Å². The van der Waals surface area contributed by atoms with E-state index in [9.17, 15) is 4.79 Å². The quantitative estimate of drug-likeness (QED) is 0.706. The highest BCUT2D eigenvalue weighted by Crippen LogP contribution is 2.33. The summed E-state index contributed by atoms with van der Waals surface area (Å²) in [6, 6.07) is 15.5. The van der Waals surface area contributed by atoms with Crippen LogP contribution in [0.15, 0.2) is 54.7 Å². The summed E-state index contributed by atoms with van der Waals surface area (Å²) in [6.07, 6.45) is 2.40. The van der Waals surface area contributed by atoms with E-state index in [0.29, 0.717) is 6.54 Å². The molecule has 1 N–H and O–H groups in total. The Morgan fingerprint density at radius 3 is 2.86 bits per heavy atom. The molecule has 29 heavy (non-hydrogen) atoms. The largest absolute Gasteiger partial charge is 0.488 e. The number of nitrogens with zero attached hydrogens (tertiary/aromatic N) is 2. The Kier molecular flexibility index (Phi) is 5.26. The highest BCUT2D eigenvalue weighted by Gasteiger charge is 2.24. The van der Waals surface area contributed by atoms with E-state index in [1.807, 2.05) is 56.3 Å². The number of hydrogen-bond acceptors (Lipinski definition) is 4. The summed E-state index contributed by atoms with van der Waals surface area (Å²) < 4.78 is 5.97. The minimum Gasteiger partial charge on any atom is -0.488 e. The molecule has 3 aromatic rings. The number of hydrogen-bond donors (Lipinski definition) is 1. The van der Waals surface area contributed by atoms with Crippen LogP contribution in [0.3, 0.4) is 0 Å². The molecular formula is C24H21N3O2. The molecule has 1 aliphatic rings. The Morgan fingerprint density at radius 2 is 2.03 bits per heavy atom. The number of fused-ring (bicyclic) bond motifs is 1. The topological polar surface area (TPSA) is 64.1 Å². The summed E-state index contributed by atoms with van der Waals surface area (Å²) in [6.45, 7) is 4.31. The van der Waals surface area contributed by atoms with Crippen LogP contribution in [0.1, 0.15) is 22.5 Å². The Balaban J connectivity index is 1.39. The van der Waals surface area contributed by atoms with Gasteiger partial charge in [0, 0.05) is 29.7 Å². The fourth-order valence-electron chi connectivity index (χ4n) is 3.29. The molecule has 5 heteroatoms. The summed E-state index contributed by atoms with van der Waals surface area (Å²) in [5.41, 5.74) is 5.63. The smallest absolute Gasteiger partial charge is 0.296 e. The number of nitrogens with one attached hydrogen (secondary N) is 1. The third kappa shape index (κ3) is 4.44. The van der Waals surface area contributed by atoms with Gasteiger partial charge in [-0.1, -0.05) is 24.1 Å². The van der Waals surface area contributed by atoms with Gasteiger partial charge in [-0.2, -0.15) is 0 Å². The van der Waals surface area contributed by atoms with Gasteiger partial charge in [0.25, 0.3) is 5.91 Å². The molecule has 1 amide bonds. The van der Waals surface area contributed by atoms with Crippen LogP contribution in [-0.4, -0.2) is 28.5 Å². The molecule has 0 unspecified atom stereocenters. The molecule has 2 aromatic carbocycles. The maximum atomic E-state index is 12.0. The second-order valence-electron chi connectivity index (χ2n) is 7.04. The summed E-state index contributed by atoms with van der Waals surface area (Å²) in [5.74, 6) is 6.01. The van der Waals surface area contributed by atoms with Crippen molar-refractivity contribution >= 4 is 5.91 Å². The molecule has 1 atom stereocenters. The molecule has 5 nitrogen and oxygen atoms in total. The van der Waals surface area contributed by atoms with Crippen molar-refractivity contribution in [2.24, 2.45) is 0 Å². The summed E-state index contributed by atoms with van der Waals surface area (Å²) in [4.78, 5) is 21.0. The molecule has 4 rings (SSSR count). The van der Waals surface area contributed by atoms with E-state index in [2.05, 4.69) is 33.2 Å². The van der Waals surface area contributed by atoms with Crippen molar-refractivity contribution in [2.75, 3.05) is 6.54 Å². The standard InChI is InChI=1S/C24H21N3O2/c1-16-14-25-17(2)24(27-16)19-9-10-22-20(12-19)13-21(29-22)15-26-23(28)11-8-18-6-4-3-5-7-18/h3-7,9-10,12,14,21H,13,15H2,1-2H3,(H,26,28)/t21-/m1/s1. The van der Waals surface area contributed by atoms with Crippen LogP contribution >= 0.6 is 0 Å². The summed E-state index contributed by atoms with van der Waals surface area (Å²) in [7, 11) is 0. The van der Waals surface area contributed by atoms with E-state index in [1.54, 1.807) is 6.20 Å². The monoisotopic (exact) mass is 383 g/mol. The predicted octanol–water partition coefficient (Wildman–Crippen LogP) is 3.23. The van der Waals surface area contributed by atoms with Crippen molar-refractivity contribution in [3.8, 4) is 28.8 Å². The SMILES string of the molecule is Cc1cnc(C)c(-c2ccc3c(c2)C[C@H](CNC(=O)C#Cc2ccccc2)O3)n1. The van der Waals surface area contributed by atoms with Gasteiger partial charge in [-0.15, -0.1) is 0 Å². The van der Waals surface area contributed by atoms with Crippen LogP contribution in [0.25, 0.3) is 11.3 Å². The van der Waals surface area contributed by atoms with Gasteiger partial charge in [0.05, 0.1) is 23.6 Å². The normalized spacial score (nSPS) is 14.3. The van der Waals surface area contributed by atoms with Crippen LogP contribution < -0.4 is 10.1 Å². The van der Waals surface area contributed by atoms with Gasteiger partial charge < -0.3 is 10.1 Å². The molecule has 0 saturated heterocycles. The van der Waals surface area contributed by atoms with Crippen molar-refractivity contribution in [3.05, 3.63) is 77.2 Å². The molecule has 144 valence electrons. The van der Waals surface area contributed by atoms with E-state index < -0.39 is 0 Å². The molecule has 1 aliphatic heterocycles. The zero-order valence-electron chi connectivity index (χ0n) is 16.4. The first-order chi connectivity index (χ1) is 14.1. The fourth-order valence-corrected chi connectivity index (χ4v) is 3.29. The lowest BCUT2D eigenvalue weighted by Crippen LogP contribution is -2.33. The number of amides is 1. The van der Waals surface area contributed by atoms with E-state index in [0.717, 1.165) is 45.9 Å². The number of benzene rings is 2. The molecule has 0 fully saturated rings. The van der Waals surface area contributed by atoms with E-state index >= 15 is 0 Å². The van der Waals surface area contributed by atoms with Crippen molar-refractivity contribution < 1.29 is 9.53 Å². The fraction of sp³-hybridized carbons (Fsp3) is 0.208. The number of aryl methyl sites for hydroxylation is 2. The molecule has 0 saturated carbocycles. The van der Waals surface area contributed by atoms with E-state index in [1.165, 1.54) is 0 Å². The minimum atomic E-state index is -0.306. The average Bonchev–Trinajstić information content (AvgIpc) is 3.15.